The zero-order valence-electron chi connectivity index (χ0n) is 3.13. The summed E-state index contributed by atoms with van der Waals surface area (Å²) in [5.41, 5.74) is 0. The second-order valence-corrected chi connectivity index (χ2v) is 5.77. The number of rotatable bonds is 0. The van der Waals surface area contributed by atoms with Crippen LogP contribution >= 0.6 is 61.1 Å². The van der Waals surface area contributed by atoms with E-state index in [1.54, 1.807) is 0 Å². The SMILES string of the molecule is CC(I)=C(Br)I. The minimum Gasteiger partial charge on any atom is -0.0477 e. The Labute approximate surface area is 73.2 Å². The van der Waals surface area contributed by atoms with E-state index in [0.717, 1.165) is 0 Å². The summed E-state index contributed by atoms with van der Waals surface area (Å²) in [6.45, 7) is 2.05. The molecule has 0 aromatic heterocycles. The van der Waals surface area contributed by atoms with Gasteiger partial charge in [0.25, 0.3) is 0 Å². The third kappa shape index (κ3) is 3.86. The molecular weight excluding hydrogens is 370 g/mol. The molecule has 0 rings (SSSR count). The molecule has 0 amide bonds. The highest BCUT2D eigenvalue weighted by Gasteiger charge is 1.82. The fraction of sp³-hybridized carbons (Fsp3) is 0.333. The van der Waals surface area contributed by atoms with Gasteiger partial charge >= 0.3 is 0 Å². The molecular formula is C3H3BrI2. The van der Waals surface area contributed by atoms with Gasteiger partial charge in [0.2, 0.25) is 0 Å². The van der Waals surface area contributed by atoms with Crippen molar-refractivity contribution in [2.75, 3.05) is 0 Å². The molecule has 3 heteroatoms. The van der Waals surface area contributed by atoms with Gasteiger partial charge in [0.1, 0.15) is 0 Å². The van der Waals surface area contributed by atoms with Crippen molar-refractivity contribution < 1.29 is 0 Å². The van der Waals surface area contributed by atoms with E-state index in [0.29, 0.717) is 0 Å². The molecule has 0 nitrogen and oxygen atoms in total. The predicted molar refractivity (Wildman–Crippen MR) is 49.7 cm³/mol. The molecule has 0 unspecified atom stereocenters. The van der Waals surface area contributed by atoms with Gasteiger partial charge in [0.15, 0.2) is 0 Å². The van der Waals surface area contributed by atoms with Crippen LogP contribution < -0.4 is 0 Å². The Bertz CT molecular complexity index is 58.9. The Morgan fingerprint density at radius 3 is 1.67 bits per heavy atom. The van der Waals surface area contributed by atoms with E-state index in [9.17, 15) is 0 Å². The zero-order valence-corrected chi connectivity index (χ0v) is 9.03. The number of halogens is 3. The van der Waals surface area contributed by atoms with Crippen molar-refractivity contribution in [3.63, 3.8) is 0 Å². The summed E-state index contributed by atoms with van der Waals surface area (Å²) in [5.74, 6) is 0. The summed E-state index contributed by atoms with van der Waals surface area (Å²) in [6, 6.07) is 0. The minimum atomic E-state index is 1.20. The van der Waals surface area contributed by atoms with Gasteiger partial charge in [0, 0.05) is 3.58 Å². The molecule has 0 N–H and O–H groups in total. The van der Waals surface area contributed by atoms with Crippen molar-refractivity contribution in [2.24, 2.45) is 0 Å². The van der Waals surface area contributed by atoms with Crippen LogP contribution in [-0.2, 0) is 0 Å². The normalized spacial score (nSPS) is 14.0. The lowest BCUT2D eigenvalue weighted by Gasteiger charge is -1.80. The molecule has 0 bridgehead atoms. The molecule has 36 valence electrons. The third-order valence-electron chi connectivity index (χ3n) is 0.260. The van der Waals surface area contributed by atoms with Crippen molar-refractivity contribution >= 4 is 61.1 Å². The van der Waals surface area contributed by atoms with E-state index in [-0.39, 0.29) is 0 Å². The van der Waals surface area contributed by atoms with Crippen LogP contribution in [-0.4, -0.2) is 0 Å². The maximum absolute atomic E-state index is 3.30. The Morgan fingerprint density at radius 2 is 1.67 bits per heavy atom. The van der Waals surface area contributed by atoms with Crippen LogP contribution in [0.4, 0.5) is 0 Å². The van der Waals surface area contributed by atoms with Gasteiger partial charge in [-0.25, -0.2) is 0 Å². The Kier molecular flexibility index (Phi) is 4.68. The van der Waals surface area contributed by atoms with Crippen LogP contribution in [0.2, 0.25) is 0 Å². The summed E-state index contributed by atoms with van der Waals surface area (Å²) in [5, 5.41) is 0. The molecule has 0 aromatic carbocycles. The van der Waals surface area contributed by atoms with Gasteiger partial charge in [-0.15, -0.1) is 0 Å². The zero-order chi connectivity index (χ0) is 5.15. The molecule has 0 saturated carbocycles. The Balaban J connectivity index is 3.68. The lowest BCUT2D eigenvalue weighted by atomic mass is 10.8. The molecule has 0 aliphatic carbocycles. The van der Waals surface area contributed by atoms with Crippen LogP contribution in [0.25, 0.3) is 0 Å². The maximum Gasteiger partial charge on any atom is 0.0648 e. The second kappa shape index (κ2) is 3.65. The first-order valence-electron chi connectivity index (χ1n) is 1.32. The number of allylic oxidation sites excluding steroid dienone is 1. The maximum atomic E-state index is 3.30. The van der Waals surface area contributed by atoms with Gasteiger partial charge in [-0.3, -0.25) is 0 Å². The lowest BCUT2D eigenvalue weighted by molar-refractivity contribution is 1.76. The monoisotopic (exact) mass is 372 g/mol. The van der Waals surface area contributed by atoms with Crippen molar-refractivity contribution in [3.8, 4) is 0 Å². The van der Waals surface area contributed by atoms with Crippen molar-refractivity contribution in [1.82, 2.24) is 0 Å². The van der Waals surface area contributed by atoms with Crippen molar-refractivity contribution in [1.29, 1.82) is 0 Å². The van der Waals surface area contributed by atoms with Gasteiger partial charge in [-0.2, -0.15) is 0 Å². The average molecular weight is 373 g/mol. The topological polar surface area (TPSA) is 0 Å². The van der Waals surface area contributed by atoms with E-state index in [2.05, 4.69) is 68.0 Å². The summed E-state index contributed by atoms with van der Waals surface area (Å²) in [7, 11) is 0. The first-order valence-corrected chi connectivity index (χ1v) is 4.27. The van der Waals surface area contributed by atoms with Crippen LogP contribution in [0.3, 0.4) is 0 Å². The summed E-state index contributed by atoms with van der Waals surface area (Å²) in [4.78, 5) is 0. The van der Waals surface area contributed by atoms with Crippen LogP contribution in [0.15, 0.2) is 6.07 Å². The van der Waals surface area contributed by atoms with E-state index in [1.165, 1.54) is 6.07 Å². The molecule has 0 aromatic rings. The molecule has 0 aliphatic heterocycles. The van der Waals surface area contributed by atoms with Crippen LogP contribution in [0, 0.1) is 0 Å². The van der Waals surface area contributed by atoms with E-state index < -0.39 is 0 Å². The Morgan fingerprint density at radius 1 is 1.50 bits per heavy atom. The fourth-order valence-corrected chi connectivity index (χ4v) is 0. The van der Waals surface area contributed by atoms with E-state index in [4.69, 9.17) is 0 Å². The molecule has 0 fully saturated rings. The molecule has 0 aliphatic rings. The minimum absolute atomic E-state index is 1.20. The summed E-state index contributed by atoms with van der Waals surface area (Å²) >= 11 is 7.78. The first-order chi connectivity index (χ1) is 2.64. The van der Waals surface area contributed by atoms with Gasteiger partial charge < -0.3 is 0 Å². The lowest BCUT2D eigenvalue weighted by Crippen LogP contribution is -1.50. The summed E-state index contributed by atoms with van der Waals surface area (Å²) < 4.78 is 2.49. The third-order valence-corrected chi connectivity index (χ3v) is 3.98. The number of hydrogen-bond acceptors (Lipinski definition) is 0. The smallest absolute Gasteiger partial charge is 0.0477 e. The standard InChI is InChI=1S/C3H3BrI2/c1-2(5)3(4)6/h1H3. The van der Waals surface area contributed by atoms with Gasteiger partial charge in [-0.1, -0.05) is 0 Å². The second-order valence-electron chi connectivity index (χ2n) is 0.794. The molecule has 0 radical (unpaired) electrons. The Hall–Kier alpha value is 1.68. The van der Waals surface area contributed by atoms with Crippen molar-refractivity contribution in [2.45, 2.75) is 6.92 Å². The highest BCUT2D eigenvalue weighted by molar-refractivity contribution is 14.1. The van der Waals surface area contributed by atoms with Gasteiger partial charge in [-0.05, 0) is 68.0 Å². The molecule has 0 spiro atoms. The van der Waals surface area contributed by atoms with Crippen molar-refractivity contribution in [3.05, 3.63) is 6.07 Å². The highest BCUT2D eigenvalue weighted by atomic mass is 127. The molecule has 6 heavy (non-hydrogen) atoms. The van der Waals surface area contributed by atoms with Crippen LogP contribution in [0.5, 0.6) is 0 Å². The van der Waals surface area contributed by atoms with E-state index >= 15 is 0 Å². The van der Waals surface area contributed by atoms with Gasteiger partial charge in [0.05, 0.1) is 2.49 Å². The number of hydrogen-bond donors (Lipinski definition) is 0. The molecule has 0 atom stereocenters. The molecule has 0 heterocycles. The summed E-state index contributed by atoms with van der Waals surface area (Å²) in [6.07, 6.45) is 0. The first kappa shape index (κ1) is 7.68. The van der Waals surface area contributed by atoms with E-state index in [1.807, 2.05) is 0 Å². The van der Waals surface area contributed by atoms with Crippen LogP contribution in [0.1, 0.15) is 6.92 Å². The quantitative estimate of drug-likeness (QED) is 0.571. The fourth-order valence-electron chi connectivity index (χ4n) is 0. The molecule has 0 saturated heterocycles. The average Bonchev–Trinajstić information content (AvgIpc) is 1.36. The highest BCUT2D eigenvalue weighted by Crippen LogP contribution is 2.23. The largest absolute Gasteiger partial charge is 0.0648 e. The predicted octanol–water partition coefficient (Wildman–Crippen LogP) is 3.44.